The SMILES string of the molecule is CON=C(C(=O)N[C@H]1CN(C(=S)NS(C)(=O)=O)C1=O)c1csc(N)n1. The van der Waals surface area contributed by atoms with Crippen molar-refractivity contribution in [1.29, 1.82) is 0 Å². The summed E-state index contributed by atoms with van der Waals surface area (Å²) < 4.78 is 24.3. The molecule has 1 aliphatic rings. The van der Waals surface area contributed by atoms with E-state index in [1.165, 1.54) is 12.5 Å². The highest BCUT2D eigenvalue weighted by molar-refractivity contribution is 7.91. The Balaban J connectivity index is 2.01. The number of nitrogen functional groups attached to an aromatic ring is 1. The molecule has 1 fully saturated rings. The molecule has 0 radical (unpaired) electrons. The Bertz CT molecular complexity index is 848. The average molecular weight is 406 g/mol. The number of nitrogens with one attached hydrogen (secondary N) is 2. The van der Waals surface area contributed by atoms with Gasteiger partial charge >= 0.3 is 0 Å². The summed E-state index contributed by atoms with van der Waals surface area (Å²) in [5, 5.41) is 7.56. The van der Waals surface area contributed by atoms with E-state index >= 15 is 0 Å². The van der Waals surface area contributed by atoms with Crippen LogP contribution in [0.3, 0.4) is 0 Å². The number of β-lactam (4-membered cyclic amide) rings is 1. The van der Waals surface area contributed by atoms with Gasteiger partial charge in [-0.3, -0.25) is 19.2 Å². The summed E-state index contributed by atoms with van der Waals surface area (Å²) in [4.78, 5) is 33.9. The molecule has 0 spiro atoms. The number of aromatic nitrogens is 1. The summed E-state index contributed by atoms with van der Waals surface area (Å²) in [6, 6.07) is -0.871. The van der Waals surface area contributed by atoms with Gasteiger partial charge in [-0.2, -0.15) is 0 Å². The Hall–Kier alpha value is -2.32. The Kier molecular flexibility index (Phi) is 5.54. The van der Waals surface area contributed by atoms with Crippen molar-refractivity contribution in [1.82, 2.24) is 19.9 Å². The smallest absolute Gasteiger partial charge is 0.276 e. The number of anilines is 1. The second-order valence-electron chi connectivity index (χ2n) is 4.85. The lowest BCUT2D eigenvalue weighted by atomic mass is 10.1. The summed E-state index contributed by atoms with van der Waals surface area (Å²) in [7, 11) is -2.33. The quantitative estimate of drug-likeness (QED) is 0.225. The van der Waals surface area contributed by atoms with Crippen LogP contribution in [-0.2, 0) is 24.4 Å². The number of amides is 2. The van der Waals surface area contributed by atoms with E-state index in [0.29, 0.717) is 0 Å². The molecule has 1 aliphatic heterocycles. The van der Waals surface area contributed by atoms with E-state index in [4.69, 9.17) is 18.0 Å². The highest BCUT2D eigenvalue weighted by atomic mass is 32.2. The van der Waals surface area contributed by atoms with Crippen LogP contribution in [0, 0.1) is 0 Å². The monoisotopic (exact) mass is 406 g/mol. The molecule has 0 aromatic carbocycles. The first kappa shape index (κ1) is 19.0. The lowest BCUT2D eigenvalue weighted by molar-refractivity contribution is -0.140. The Labute approximate surface area is 152 Å². The molecule has 2 heterocycles. The van der Waals surface area contributed by atoms with Crippen LogP contribution in [0.1, 0.15) is 5.69 Å². The molecule has 4 N–H and O–H groups in total. The maximum absolute atomic E-state index is 12.3. The molecule has 0 unspecified atom stereocenters. The maximum atomic E-state index is 12.3. The normalized spacial score (nSPS) is 17.7. The lowest BCUT2D eigenvalue weighted by Gasteiger charge is -2.38. The Morgan fingerprint density at radius 3 is 2.76 bits per heavy atom. The molecule has 1 aromatic rings. The molecule has 0 aliphatic carbocycles. The van der Waals surface area contributed by atoms with E-state index < -0.39 is 27.9 Å². The van der Waals surface area contributed by atoms with Crippen LogP contribution >= 0.6 is 23.6 Å². The third-order valence-electron chi connectivity index (χ3n) is 2.91. The van der Waals surface area contributed by atoms with Gasteiger partial charge in [0.2, 0.25) is 10.0 Å². The predicted octanol–water partition coefficient (Wildman–Crippen LogP) is -1.76. The molecule has 2 amide bonds. The van der Waals surface area contributed by atoms with Gasteiger partial charge in [0.15, 0.2) is 16.0 Å². The largest absolute Gasteiger partial charge is 0.398 e. The summed E-state index contributed by atoms with van der Waals surface area (Å²) in [6.07, 6.45) is 0.913. The lowest BCUT2D eigenvalue weighted by Crippen LogP contribution is -2.67. The molecular formula is C11H14N6O5S3. The van der Waals surface area contributed by atoms with Crippen molar-refractivity contribution in [3.05, 3.63) is 11.1 Å². The number of sulfonamides is 1. The number of hydrogen-bond acceptors (Lipinski definition) is 10. The first-order valence-electron chi connectivity index (χ1n) is 6.59. The van der Waals surface area contributed by atoms with Gasteiger partial charge in [-0.1, -0.05) is 5.16 Å². The summed E-state index contributed by atoms with van der Waals surface area (Å²) >= 11 is 5.94. The molecule has 1 aromatic heterocycles. The molecular weight excluding hydrogens is 392 g/mol. The van der Waals surface area contributed by atoms with Crippen molar-refractivity contribution >= 4 is 61.3 Å². The molecule has 136 valence electrons. The fourth-order valence-electron chi connectivity index (χ4n) is 1.85. The van der Waals surface area contributed by atoms with Crippen LogP contribution in [0.5, 0.6) is 0 Å². The van der Waals surface area contributed by atoms with Crippen LogP contribution in [-0.4, -0.2) is 66.9 Å². The van der Waals surface area contributed by atoms with Crippen molar-refractivity contribution in [3.8, 4) is 0 Å². The van der Waals surface area contributed by atoms with Gasteiger partial charge in [0, 0.05) is 5.38 Å². The number of oxime groups is 1. The number of nitrogens with zero attached hydrogens (tertiary/aromatic N) is 3. The molecule has 0 bridgehead atoms. The van der Waals surface area contributed by atoms with Gasteiger partial charge < -0.3 is 15.9 Å². The van der Waals surface area contributed by atoms with Gasteiger partial charge in [0.05, 0.1) is 12.8 Å². The second kappa shape index (κ2) is 7.28. The maximum Gasteiger partial charge on any atom is 0.276 e. The number of likely N-dealkylation sites (tertiary alicyclic amines) is 1. The topological polar surface area (TPSA) is 156 Å². The van der Waals surface area contributed by atoms with Crippen LogP contribution in [0.15, 0.2) is 10.5 Å². The molecule has 14 heteroatoms. The number of carbonyl (C=O) groups is 2. The van der Waals surface area contributed by atoms with Gasteiger partial charge in [0.25, 0.3) is 11.8 Å². The van der Waals surface area contributed by atoms with E-state index in [0.717, 1.165) is 22.5 Å². The summed E-state index contributed by atoms with van der Waals surface area (Å²) in [5.41, 5.74) is 5.59. The fraction of sp³-hybridized carbons (Fsp3) is 0.364. The zero-order valence-electron chi connectivity index (χ0n) is 13.0. The number of carbonyl (C=O) groups excluding carboxylic acids is 2. The van der Waals surface area contributed by atoms with E-state index in [1.54, 1.807) is 0 Å². The van der Waals surface area contributed by atoms with Crippen molar-refractivity contribution in [3.63, 3.8) is 0 Å². The molecule has 1 saturated heterocycles. The third kappa shape index (κ3) is 4.61. The number of thiocarbonyl (C=S) groups is 1. The summed E-state index contributed by atoms with van der Waals surface area (Å²) in [6.45, 7) is 0.0192. The zero-order chi connectivity index (χ0) is 18.8. The minimum Gasteiger partial charge on any atom is -0.398 e. The molecule has 0 saturated carbocycles. The zero-order valence-corrected chi connectivity index (χ0v) is 15.5. The summed E-state index contributed by atoms with van der Waals surface area (Å²) in [5.74, 6) is -1.24. The minimum atomic E-state index is -3.59. The second-order valence-corrected chi connectivity index (χ2v) is 7.87. The van der Waals surface area contributed by atoms with Gasteiger partial charge in [-0.05, 0) is 12.2 Å². The molecule has 11 nitrogen and oxygen atoms in total. The van der Waals surface area contributed by atoms with Gasteiger partial charge in [-0.25, -0.2) is 13.4 Å². The highest BCUT2D eigenvalue weighted by Gasteiger charge is 2.41. The molecule has 25 heavy (non-hydrogen) atoms. The first-order valence-corrected chi connectivity index (χ1v) is 9.77. The predicted molar refractivity (Wildman–Crippen MR) is 94.3 cm³/mol. The molecule has 2 rings (SSSR count). The standard InChI is InChI=1S/C11H14N6O5S3/c1-22-15-7(6-4-24-10(12)14-6)8(18)13-5-3-17(9(5)19)11(23)16-25(2,20)21/h4-5H,3H2,1-2H3,(H2,12,14)(H,13,18)(H,16,23)/t5-/m0/s1. The van der Waals surface area contributed by atoms with Crippen molar-refractivity contribution in [2.24, 2.45) is 5.16 Å². The fourth-order valence-corrected chi connectivity index (χ4v) is 3.44. The van der Waals surface area contributed by atoms with Crippen molar-refractivity contribution in [2.75, 3.05) is 25.6 Å². The van der Waals surface area contributed by atoms with Crippen LogP contribution < -0.4 is 15.8 Å². The van der Waals surface area contributed by atoms with E-state index in [2.05, 4.69) is 20.3 Å². The van der Waals surface area contributed by atoms with Crippen molar-refractivity contribution < 1.29 is 22.8 Å². The van der Waals surface area contributed by atoms with Crippen LogP contribution in [0.2, 0.25) is 0 Å². The van der Waals surface area contributed by atoms with Crippen LogP contribution in [0.4, 0.5) is 5.13 Å². The first-order chi connectivity index (χ1) is 11.6. The number of hydrogen-bond donors (Lipinski definition) is 3. The van der Waals surface area contributed by atoms with Gasteiger partial charge in [-0.15, -0.1) is 11.3 Å². The highest BCUT2D eigenvalue weighted by Crippen LogP contribution is 2.14. The van der Waals surface area contributed by atoms with Crippen LogP contribution in [0.25, 0.3) is 0 Å². The van der Waals surface area contributed by atoms with E-state index in [9.17, 15) is 18.0 Å². The number of nitrogens with two attached hydrogens (primary N) is 1. The third-order valence-corrected chi connectivity index (χ3v) is 4.60. The average Bonchev–Trinajstić information content (AvgIpc) is 2.92. The number of thiazole rings is 1. The minimum absolute atomic E-state index is 0.0192. The van der Waals surface area contributed by atoms with Crippen molar-refractivity contribution in [2.45, 2.75) is 6.04 Å². The van der Waals surface area contributed by atoms with E-state index in [-0.39, 0.29) is 28.2 Å². The Morgan fingerprint density at radius 2 is 2.28 bits per heavy atom. The Morgan fingerprint density at radius 1 is 1.60 bits per heavy atom. The molecule has 1 atom stereocenters. The number of rotatable bonds is 5. The van der Waals surface area contributed by atoms with Gasteiger partial charge in [0.1, 0.15) is 18.8 Å². The van der Waals surface area contributed by atoms with E-state index in [1.807, 2.05) is 4.72 Å².